The van der Waals surface area contributed by atoms with Crippen molar-refractivity contribution in [3.05, 3.63) is 23.8 Å². The third-order valence-electron chi connectivity index (χ3n) is 5.08. The van der Waals surface area contributed by atoms with Crippen molar-refractivity contribution < 1.29 is 14.3 Å². The molecule has 3 rings (SSSR count). The summed E-state index contributed by atoms with van der Waals surface area (Å²) in [5.74, 6) is 0.301. The Bertz CT molecular complexity index is 655. The molecule has 1 aliphatic heterocycles. The average molecular weight is 345 g/mol. The van der Waals surface area contributed by atoms with Gasteiger partial charge in [-0.1, -0.05) is 25.8 Å². The molecule has 0 radical (unpaired) electrons. The molecule has 0 saturated heterocycles. The Morgan fingerprint density at radius 3 is 2.80 bits per heavy atom. The largest absolute Gasteiger partial charge is 0.479 e. The highest BCUT2D eigenvalue weighted by Crippen LogP contribution is 2.36. The smallest absolute Gasteiger partial charge is 0.268 e. The second-order valence-electron chi connectivity index (χ2n) is 6.98. The summed E-state index contributed by atoms with van der Waals surface area (Å²) in [6.45, 7) is 3.74. The van der Waals surface area contributed by atoms with Crippen LogP contribution in [0.5, 0.6) is 5.75 Å². The lowest BCUT2D eigenvalue weighted by Crippen LogP contribution is -2.50. The van der Waals surface area contributed by atoms with Crippen molar-refractivity contribution in [2.24, 2.45) is 5.73 Å². The standard InChI is InChI=1S/C19H27N3O3/c1-3-15(20)13-8-9-17-16(10-13)22(19(24)12(2)25-17)11-18(23)21-14-6-4-5-7-14/h8-10,12,14-15H,3-7,11,20H2,1-2H3,(H,21,23). The fourth-order valence-corrected chi connectivity index (χ4v) is 3.54. The monoisotopic (exact) mass is 345 g/mol. The van der Waals surface area contributed by atoms with Crippen LogP contribution in [0.4, 0.5) is 5.69 Å². The van der Waals surface area contributed by atoms with Gasteiger partial charge < -0.3 is 15.8 Å². The lowest BCUT2D eigenvalue weighted by atomic mass is 10.0. The van der Waals surface area contributed by atoms with Crippen LogP contribution < -0.4 is 20.7 Å². The summed E-state index contributed by atoms with van der Waals surface area (Å²) < 4.78 is 5.69. The molecular weight excluding hydrogens is 318 g/mol. The summed E-state index contributed by atoms with van der Waals surface area (Å²) in [6, 6.07) is 5.77. The molecule has 25 heavy (non-hydrogen) atoms. The van der Waals surface area contributed by atoms with Gasteiger partial charge in [-0.15, -0.1) is 0 Å². The number of benzene rings is 1. The molecule has 0 aromatic heterocycles. The number of nitrogens with two attached hydrogens (primary N) is 1. The van der Waals surface area contributed by atoms with Crippen molar-refractivity contribution in [3.8, 4) is 5.75 Å². The summed E-state index contributed by atoms with van der Waals surface area (Å²) in [5.41, 5.74) is 7.69. The van der Waals surface area contributed by atoms with E-state index < -0.39 is 6.10 Å². The summed E-state index contributed by atoms with van der Waals surface area (Å²) >= 11 is 0. The van der Waals surface area contributed by atoms with Crippen LogP contribution in [0.25, 0.3) is 0 Å². The van der Waals surface area contributed by atoms with Crippen LogP contribution in [0, 0.1) is 0 Å². The Balaban J connectivity index is 1.82. The number of fused-ring (bicyclic) bond motifs is 1. The Morgan fingerprint density at radius 1 is 1.40 bits per heavy atom. The average Bonchev–Trinajstić information content (AvgIpc) is 3.10. The van der Waals surface area contributed by atoms with Crippen molar-refractivity contribution in [2.45, 2.75) is 64.1 Å². The zero-order chi connectivity index (χ0) is 18.0. The molecule has 1 aliphatic carbocycles. The van der Waals surface area contributed by atoms with Gasteiger partial charge in [-0.25, -0.2) is 0 Å². The molecule has 2 atom stereocenters. The number of hydrogen-bond acceptors (Lipinski definition) is 4. The van der Waals surface area contributed by atoms with Crippen molar-refractivity contribution in [3.63, 3.8) is 0 Å². The van der Waals surface area contributed by atoms with E-state index in [1.54, 1.807) is 6.92 Å². The van der Waals surface area contributed by atoms with Gasteiger partial charge in [0.2, 0.25) is 5.91 Å². The van der Waals surface area contributed by atoms with E-state index in [0.29, 0.717) is 11.4 Å². The van der Waals surface area contributed by atoms with Crippen LogP contribution in [-0.4, -0.2) is 30.5 Å². The van der Waals surface area contributed by atoms with E-state index in [1.165, 1.54) is 4.90 Å². The van der Waals surface area contributed by atoms with Crippen molar-refractivity contribution in [2.75, 3.05) is 11.4 Å². The minimum atomic E-state index is -0.600. The van der Waals surface area contributed by atoms with Crippen molar-refractivity contribution in [1.82, 2.24) is 5.32 Å². The zero-order valence-corrected chi connectivity index (χ0v) is 15.0. The molecule has 6 nitrogen and oxygen atoms in total. The number of amides is 2. The van der Waals surface area contributed by atoms with Gasteiger partial charge in [0.1, 0.15) is 12.3 Å². The Labute approximate surface area is 148 Å². The van der Waals surface area contributed by atoms with Crippen molar-refractivity contribution in [1.29, 1.82) is 0 Å². The second-order valence-corrected chi connectivity index (χ2v) is 6.98. The van der Waals surface area contributed by atoms with Gasteiger partial charge in [-0.2, -0.15) is 0 Å². The fraction of sp³-hybridized carbons (Fsp3) is 0.579. The first kappa shape index (κ1) is 17.7. The van der Waals surface area contributed by atoms with Gasteiger partial charge >= 0.3 is 0 Å². The van der Waals surface area contributed by atoms with Crippen LogP contribution >= 0.6 is 0 Å². The normalized spacial score (nSPS) is 21.6. The quantitative estimate of drug-likeness (QED) is 0.857. The van der Waals surface area contributed by atoms with Gasteiger partial charge in [0.05, 0.1) is 5.69 Å². The topological polar surface area (TPSA) is 84.7 Å². The van der Waals surface area contributed by atoms with Crippen LogP contribution in [0.2, 0.25) is 0 Å². The maximum absolute atomic E-state index is 12.6. The van der Waals surface area contributed by atoms with Crippen molar-refractivity contribution >= 4 is 17.5 Å². The SMILES string of the molecule is CCC(N)c1ccc2c(c1)N(CC(=O)NC1CCCC1)C(=O)C(C)O2. The maximum Gasteiger partial charge on any atom is 0.268 e. The molecule has 2 unspecified atom stereocenters. The molecule has 1 aromatic carbocycles. The molecule has 136 valence electrons. The lowest BCUT2D eigenvalue weighted by Gasteiger charge is -2.33. The molecule has 0 bridgehead atoms. The first-order chi connectivity index (χ1) is 12.0. The van der Waals surface area contributed by atoms with Crippen LogP contribution in [0.3, 0.4) is 0 Å². The van der Waals surface area contributed by atoms with Crippen LogP contribution in [0.15, 0.2) is 18.2 Å². The van der Waals surface area contributed by atoms with Gasteiger partial charge in [-0.3, -0.25) is 14.5 Å². The number of nitrogens with one attached hydrogen (secondary N) is 1. The number of ether oxygens (including phenoxy) is 1. The third kappa shape index (κ3) is 3.79. The molecule has 1 saturated carbocycles. The van der Waals surface area contributed by atoms with Crippen LogP contribution in [0.1, 0.15) is 57.6 Å². The lowest BCUT2D eigenvalue weighted by molar-refractivity contribution is -0.128. The second kappa shape index (κ2) is 7.44. The van der Waals surface area contributed by atoms with Crippen LogP contribution in [-0.2, 0) is 9.59 Å². The number of rotatable bonds is 5. The molecular formula is C19H27N3O3. The molecule has 2 aliphatic rings. The van der Waals surface area contributed by atoms with Gasteiger partial charge in [0.25, 0.3) is 5.91 Å². The van der Waals surface area contributed by atoms with E-state index in [9.17, 15) is 9.59 Å². The van der Waals surface area contributed by atoms with Gasteiger partial charge in [0.15, 0.2) is 6.10 Å². The van der Waals surface area contributed by atoms with E-state index in [-0.39, 0.29) is 30.4 Å². The first-order valence-corrected chi connectivity index (χ1v) is 9.16. The molecule has 3 N–H and O–H groups in total. The fourth-order valence-electron chi connectivity index (χ4n) is 3.54. The number of carbonyl (C=O) groups is 2. The Hall–Kier alpha value is -2.08. The summed E-state index contributed by atoms with van der Waals surface area (Å²) in [5, 5.41) is 3.04. The molecule has 0 spiro atoms. The Morgan fingerprint density at radius 2 is 2.12 bits per heavy atom. The number of nitrogens with zero attached hydrogens (tertiary/aromatic N) is 1. The predicted molar refractivity (Wildman–Crippen MR) is 96.5 cm³/mol. The van der Waals surface area contributed by atoms with E-state index in [2.05, 4.69) is 5.32 Å². The molecule has 1 heterocycles. The first-order valence-electron chi connectivity index (χ1n) is 9.16. The molecule has 2 amide bonds. The van der Waals surface area contributed by atoms with E-state index in [1.807, 2.05) is 25.1 Å². The van der Waals surface area contributed by atoms with Gasteiger partial charge in [0, 0.05) is 12.1 Å². The minimum absolute atomic E-state index is 0.0147. The summed E-state index contributed by atoms with van der Waals surface area (Å²) in [7, 11) is 0. The third-order valence-corrected chi connectivity index (χ3v) is 5.08. The molecule has 6 heteroatoms. The number of hydrogen-bond donors (Lipinski definition) is 2. The molecule has 1 fully saturated rings. The maximum atomic E-state index is 12.6. The predicted octanol–water partition coefficient (Wildman–Crippen LogP) is 2.27. The minimum Gasteiger partial charge on any atom is -0.479 e. The Kier molecular flexibility index (Phi) is 5.27. The van der Waals surface area contributed by atoms with E-state index in [0.717, 1.165) is 37.7 Å². The highest BCUT2D eigenvalue weighted by atomic mass is 16.5. The van der Waals surface area contributed by atoms with E-state index in [4.69, 9.17) is 10.5 Å². The van der Waals surface area contributed by atoms with E-state index >= 15 is 0 Å². The highest BCUT2D eigenvalue weighted by molar-refractivity contribution is 6.03. The summed E-state index contributed by atoms with van der Waals surface area (Å²) in [6.07, 6.45) is 4.54. The van der Waals surface area contributed by atoms with Gasteiger partial charge in [-0.05, 0) is 43.9 Å². The summed E-state index contributed by atoms with van der Waals surface area (Å²) in [4.78, 5) is 26.6. The molecule has 1 aromatic rings. The number of carbonyl (C=O) groups excluding carboxylic acids is 2. The number of anilines is 1. The highest BCUT2D eigenvalue weighted by Gasteiger charge is 2.33. The zero-order valence-electron chi connectivity index (χ0n) is 15.0.